The van der Waals surface area contributed by atoms with Crippen LogP contribution in [0.5, 0.6) is 0 Å². The predicted molar refractivity (Wildman–Crippen MR) is 120 cm³/mol. The zero-order valence-corrected chi connectivity index (χ0v) is 17.5. The fourth-order valence-corrected chi connectivity index (χ4v) is 3.66. The van der Waals surface area contributed by atoms with Crippen LogP contribution in [0, 0.1) is 11.7 Å². The van der Waals surface area contributed by atoms with Gasteiger partial charge >= 0.3 is 0 Å². The van der Waals surface area contributed by atoms with Crippen LogP contribution in [0.3, 0.4) is 0 Å². The van der Waals surface area contributed by atoms with Gasteiger partial charge < -0.3 is 15.5 Å². The number of carbonyl (C=O) groups excluding carboxylic acids is 2. The fraction of sp³-hybridized carbons (Fsp3) is 0.250. The predicted octanol–water partition coefficient (Wildman–Crippen LogP) is 3.40. The summed E-state index contributed by atoms with van der Waals surface area (Å²) in [7, 11) is 0. The van der Waals surface area contributed by atoms with E-state index in [0.717, 1.165) is 37.3 Å². The topological polar surface area (TPSA) is 87.2 Å². The van der Waals surface area contributed by atoms with Gasteiger partial charge in [0.25, 0.3) is 5.91 Å². The lowest BCUT2D eigenvalue weighted by Crippen LogP contribution is -2.38. The zero-order chi connectivity index (χ0) is 22.3. The number of carbonyl (C=O) groups is 2. The molecule has 0 unspecified atom stereocenters. The molecule has 2 aromatic carbocycles. The van der Waals surface area contributed by atoms with Gasteiger partial charge in [-0.2, -0.15) is 0 Å². The molecule has 1 aliphatic heterocycles. The van der Waals surface area contributed by atoms with Crippen molar-refractivity contribution in [2.75, 3.05) is 23.3 Å². The maximum Gasteiger partial charge on any atom is 0.251 e. The molecule has 2 heterocycles. The quantitative estimate of drug-likeness (QED) is 0.622. The summed E-state index contributed by atoms with van der Waals surface area (Å²) in [5.74, 6) is 0.205. The summed E-state index contributed by atoms with van der Waals surface area (Å²) in [6.07, 6.45) is 6.53. The average molecular weight is 433 g/mol. The minimum atomic E-state index is -0.311. The summed E-state index contributed by atoms with van der Waals surface area (Å²) in [5.41, 5.74) is 1.96. The molecule has 0 aliphatic carbocycles. The molecule has 2 N–H and O–H groups in total. The third kappa shape index (κ3) is 5.46. The SMILES string of the molecule is O=C(NCc1ccc(F)cc1)c1ccc(NC(=O)C2CCN(c3cnccn3)CC2)cc1. The Labute approximate surface area is 185 Å². The molecule has 0 spiro atoms. The lowest BCUT2D eigenvalue weighted by molar-refractivity contribution is -0.120. The number of piperidine rings is 1. The van der Waals surface area contributed by atoms with Crippen molar-refractivity contribution >= 4 is 23.3 Å². The van der Waals surface area contributed by atoms with E-state index in [9.17, 15) is 14.0 Å². The van der Waals surface area contributed by atoms with E-state index in [0.29, 0.717) is 17.8 Å². The second-order valence-electron chi connectivity index (χ2n) is 7.70. The Morgan fingerprint density at radius 2 is 1.72 bits per heavy atom. The first-order chi connectivity index (χ1) is 15.6. The molecule has 32 heavy (non-hydrogen) atoms. The van der Waals surface area contributed by atoms with Crippen LogP contribution in [0.15, 0.2) is 67.1 Å². The van der Waals surface area contributed by atoms with Gasteiger partial charge in [-0.3, -0.25) is 14.6 Å². The van der Waals surface area contributed by atoms with Gasteiger partial charge in [-0.05, 0) is 54.8 Å². The molecule has 3 aromatic rings. The minimum Gasteiger partial charge on any atom is -0.355 e. The van der Waals surface area contributed by atoms with Crippen LogP contribution in [0.25, 0.3) is 0 Å². The van der Waals surface area contributed by atoms with Crippen LogP contribution in [0.2, 0.25) is 0 Å². The summed E-state index contributed by atoms with van der Waals surface area (Å²) < 4.78 is 13.0. The highest BCUT2D eigenvalue weighted by molar-refractivity contribution is 5.96. The molecule has 1 fully saturated rings. The van der Waals surface area contributed by atoms with E-state index in [2.05, 4.69) is 25.5 Å². The normalized spacial score (nSPS) is 14.1. The van der Waals surface area contributed by atoms with Gasteiger partial charge in [-0.15, -0.1) is 0 Å². The molecule has 4 rings (SSSR count). The van der Waals surface area contributed by atoms with Crippen LogP contribution >= 0.6 is 0 Å². The molecule has 7 nitrogen and oxygen atoms in total. The van der Waals surface area contributed by atoms with Crippen molar-refractivity contribution in [3.05, 3.63) is 84.1 Å². The van der Waals surface area contributed by atoms with E-state index < -0.39 is 0 Å². The molecular formula is C24H24FN5O2. The van der Waals surface area contributed by atoms with E-state index in [4.69, 9.17) is 0 Å². The molecule has 8 heteroatoms. The number of aromatic nitrogens is 2. The van der Waals surface area contributed by atoms with Crippen molar-refractivity contribution in [2.45, 2.75) is 19.4 Å². The van der Waals surface area contributed by atoms with Crippen LogP contribution < -0.4 is 15.5 Å². The van der Waals surface area contributed by atoms with Gasteiger partial charge in [-0.1, -0.05) is 12.1 Å². The number of anilines is 2. The number of hydrogen-bond acceptors (Lipinski definition) is 5. The molecular weight excluding hydrogens is 409 g/mol. The first-order valence-electron chi connectivity index (χ1n) is 10.5. The average Bonchev–Trinajstić information content (AvgIpc) is 2.84. The van der Waals surface area contributed by atoms with E-state index in [1.54, 1.807) is 55.0 Å². The lowest BCUT2D eigenvalue weighted by Gasteiger charge is -2.31. The summed E-state index contributed by atoms with van der Waals surface area (Å²) in [6, 6.07) is 12.8. The largest absolute Gasteiger partial charge is 0.355 e. The van der Waals surface area contributed by atoms with Gasteiger partial charge in [0.2, 0.25) is 5.91 Å². The summed E-state index contributed by atoms with van der Waals surface area (Å²) in [5, 5.41) is 5.74. The van der Waals surface area contributed by atoms with Crippen LogP contribution in [-0.4, -0.2) is 34.9 Å². The monoisotopic (exact) mass is 433 g/mol. The number of rotatable bonds is 6. The standard InChI is InChI=1S/C24H24FN5O2/c25-20-5-1-17(2-6-20)15-28-23(31)18-3-7-21(8-4-18)29-24(32)19-9-13-30(14-10-19)22-16-26-11-12-27-22/h1-8,11-12,16,19H,9-10,13-15H2,(H,28,31)(H,29,32). The third-order valence-corrected chi connectivity index (χ3v) is 5.52. The Morgan fingerprint density at radius 3 is 2.38 bits per heavy atom. The summed E-state index contributed by atoms with van der Waals surface area (Å²) >= 11 is 0. The number of benzene rings is 2. The minimum absolute atomic E-state index is 0.0164. The smallest absolute Gasteiger partial charge is 0.251 e. The molecule has 1 aliphatic rings. The second kappa shape index (κ2) is 10.00. The van der Waals surface area contributed by atoms with Crippen LogP contribution in [-0.2, 0) is 11.3 Å². The Bertz CT molecular complexity index is 1050. The van der Waals surface area contributed by atoms with Crippen molar-refractivity contribution in [3.8, 4) is 0 Å². The molecule has 2 amide bonds. The summed E-state index contributed by atoms with van der Waals surface area (Å²) in [6.45, 7) is 1.82. The number of halogens is 1. The molecule has 1 saturated heterocycles. The molecule has 0 radical (unpaired) electrons. The van der Waals surface area contributed by atoms with Crippen molar-refractivity contribution in [1.29, 1.82) is 0 Å². The van der Waals surface area contributed by atoms with Gasteiger partial charge in [0.1, 0.15) is 11.6 Å². The van der Waals surface area contributed by atoms with Gasteiger partial charge in [0.15, 0.2) is 0 Å². The number of amides is 2. The number of nitrogens with one attached hydrogen (secondary N) is 2. The molecule has 0 bridgehead atoms. The maximum atomic E-state index is 13.0. The van der Waals surface area contributed by atoms with Gasteiger partial charge in [-0.25, -0.2) is 9.37 Å². The van der Waals surface area contributed by atoms with Gasteiger partial charge in [0, 0.05) is 49.2 Å². The van der Waals surface area contributed by atoms with Crippen LogP contribution in [0.4, 0.5) is 15.9 Å². The Morgan fingerprint density at radius 1 is 1.00 bits per heavy atom. The molecule has 164 valence electrons. The third-order valence-electron chi connectivity index (χ3n) is 5.52. The van der Waals surface area contributed by atoms with E-state index in [-0.39, 0.29) is 23.5 Å². The molecule has 0 atom stereocenters. The zero-order valence-electron chi connectivity index (χ0n) is 17.5. The summed E-state index contributed by atoms with van der Waals surface area (Å²) in [4.78, 5) is 35.5. The number of nitrogens with zero attached hydrogens (tertiary/aromatic N) is 3. The van der Waals surface area contributed by atoms with Crippen LogP contribution in [0.1, 0.15) is 28.8 Å². The number of hydrogen-bond donors (Lipinski definition) is 2. The van der Waals surface area contributed by atoms with E-state index in [1.807, 2.05) is 0 Å². The van der Waals surface area contributed by atoms with E-state index in [1.165, 1.54) is 12.1 Å². The Kier molecular flexibility index (Phi) is 6.69. The molecule has 1 aromatic heterocycles. The lowest BCUT2D eigenvalue weighted by atomic mass is 9.96. The van der Waals surface area contributed by atoms with Crippen molar-refractivity contribution < 1.29 is 14.0 Å². The van der Waals surface area contributed by atoms with Crippen molar-refractivity contribution in [2.24, 2.45) is 5.92 Å². The molecule has 0 saturated carbocycles. The Hall–Kier alpha value is -3.81. The van der Waals surface area contributed by atoms with Crippen molar-refractivity contribution in [3.63, 3.8) is 0 Å². The fourth-order valence-electron chi connectivity index (χ4n) is 3.66. The highest BCUT2D eigenvalue weighted by Gasteiger charge is 2.25. The highest BCUT2D eigenvalue weighted by Crippen LogP contribution is 2.22. The van der Waals surface area contributed by atoms with Gasteiger partial charge in [0.05, 0.1) is 6.20 Å². The first-order valence-corrected chi connectivity index (χ1v) is 10.5. The van der Waals surface area contributed by atoms with Crippen molar-refractivity contribution in [1.82, 2.24) is 15.3 Å². The van der Waals surface area contributed by atoms with E-state index >= 15 is 0 Å². The Balaban J connectivity index is 1.25. The first kappa shape index (κ1) is 21.4. The highest BCUT2D eigenvalue weighted by atomic mass is 19.1. The second-order valence-corrected chi connectivity index (χ2v) is 7.70. The maximum absolute atomic E-state index is 13.0.